The van der Waals surface area contributed by atoms with Gasteiger partial charge in [-0.15, -0.1) is 0 Å². The number of nitrogens with zero attached hydrogens (tertiary/aromatic N) is 5. The molecular weight excluding hydrogens is 364 g/mol. The summed E-state index contributed by atoms with van der Waals surface area (Å²) in [7, 11) is 0. The number of pyridine rings is 1. The van der Waals surface area contributed by atoms with Gasteiger partial charge in [-0.3, -0.25) is 4.98 Å². The highest BCUT2D eigenvalue weighted by Gasteiger charge is 2.33. The molecule has 0 saturated heterocycles. The summed E-state index contributed by atoms with van der Waals surface area (Å²) in [5.74, 6) is 1.04. The number of hydrogen-bond acceptors (Lipinski definition) is 6. The molecule has 1 aliphatic carbocycles. The molecule has 4 aromatic rings. The number of aliphatic hydroxyl groups excluding tert-OH is 1. The van der Waals surface area contributed by atoms with Gasteiger partial charge in [0.15, 0.2) is 5.82 Å². The van der Waals surface area contributed by atoms with Crippen molar-refractivity contribution in [3.63, 3.8) is 0 Å². The molecule has 3 N–H and O–H groups in total. The van der Waals surface area contributed by atoms with Gasteiger partial charge in [-0.05, 0) is 43.9 Å². The Morgan fingerprint density at radius 1 is 1.10 bits per heavy atom. The molecule has 29 heavy (non-hydrogen) atoms. The van der Waals surface area contributed by atoms with Crippen molar-refractivity contribution in [2.75, 3.05) is 0 Å². The topological polar surface area (TPSA) is 103 Å². The summed E-state index contributed by atoms with van der Waals surface area (Å²) in [6.07, 6.45) is 6.52. The second-order valence-corrected chi connectivity index (χ2v) is 7.71. The number of hydrogen-bond donors (Lipinski definition) is 2. The average Bonchev–Trinajstić information content (AvgIpc) is 3.14. The summed E-state index contributed by atoms with van der Waals surface area (Å²) < 4.78 is 1.84. The van der Waals surface area contributed by atoms with Crippen LogP contribution in [0.15, 0.2) is 55.0 Å². The van der Waals surface area contributed by atoms with Gasteiger partial charge in [-0.2, -0.15) is 5.10 Å². The number of nitrogens with two attached hydrogens (primary N) is 1. The maximum Gasteiger partial charge on any atom is 0.154 e. The lowest BCUT2D eigenvalue weighted by Gasteiger charge is -2.35. The Labute approximate surface area is 168 Å². The molecule has 1 fully saturated rings. The van der Waals surface area contributed by atoms with E-state index in [0.717, 1.165) is 52.2 Å². The van der Waals surface area contributed by atoms with Gasteiger partial charge in [-0.1, -0.05) is 18.2 Å². The molecule has 0 unspecified atom stereocenters. The molecule has 5 rings (SSSR count). The third kappa shape index (κ3) is 3.28. The van der Waals surface area contributed by atoms with E-state index in [1.165, 1.54) is 0 Å². The first-order valence-electron chi connectivity index (χ1n) is 9.76. The quantitative estimate of drug-likeness (QED) is 0.559. The van der Waals surface area contributed by atoms with E-state index >= 15 is 0 Å². The van der Waals surface area contributed by atoms with E-state index in [9.17, 15) is 5.11 Å². The van der Waals surface area contributed by atoms with Crippen LogP contribution in [0, 0.1) is 12.8 Å². The molecule has 1 atom stereocenters. The number of aliphatic hydroxyl groups is 1. The van der Waals surface area contributed by atoms with Crippen molar-refractivity contribution in [1.29, 1.82) is 0 Å². The highest BCUT2D eigenvalue weighted by molar-refractivity contribution is 5.84. The fraction of sp³-hybridized carbons (Fsp3) is 0.273. The maximum atomic E-state index is 9.56. The van der Waals surface area contributed by atoms with E-state index in [0.29, 0.717) is 0 Å². The second kappa shape index (κ2) is 7.02. The lowest BCUT2D eigenvalue weighted by Crippen LogP contribution is -2.36. The number of aromatic nitrogens is 5. The third-order valence-electron chi connectivity index (χ3n) is 5.61. The zero-order valence-corrected chi connectivity index (χ0v) is 16.1. The largest absolute Gasteiger partial charge is 0.393 e. The highest BCUT2D eigenvalue weighted by atomic mass is 16.3. The molecule has 146 valence electrons. The Morgan fingerprint density at radius 3 is 2.76 bits per heavy atom. The zero-order chi connectivity index (χ0) is 20.0. The smallest absolute Gasteiger partial charge is 0.154 e. The Balaban J connectivity index is 1.52. The summed E-state index contributed by atoms with van der Waals surface area (Å²) >= 11 is 0. The van der Waals surface area contributed by atoms with Crippen molar-refractivity contribution in [1.82, 2.24) is 24.7 Å². The van der Waals surface area contributed by atoms with Gasteiger partial charge in [0, 0.05) is 16.6 Å². The van der Waals surface area contributed by atoms with Crippen LogP contribution in [0.3, 0.4) is 0 Å². The number of aryl methyl sites for hydroxylation is 1. The standard InChI is InChI=1S/C22H22N6O/c1-13-3-2-4-21(26-13)28-20-9-14(5-6-15(20)10-25-28)18-11-24-12-19(27-18)22(23)16-7-17(29)8-16/h2-6,9-12,16-17,22,29H,7-8,23H2,1H3/t16?,17?,22-/m0/s1. The molecule has 7 nitrogen and oxygen atoms in total. The van der Waals surface area contributed by atoms with Crippen LogP contribution >= 0.6 is 0 Å². The molecular formula is C22H22N6O. The SMILES string of the molecule is Cc1cccc(-n2ncc3ccc(-c4cncc([C@@H](N)C5CC(O)C5)n4)cc32)n1. The van der Waals surface area contributed by atoms with Crippen molar-refractivity contribution in [3.05, 3.63) is 66.4 Å². The minimum atomic E-state index is -0.236. The first kappa shape index (κ1) is 17.9. The molecule has 0 amide bonds. The summed E-state index contributed by atoms with van der Waals surface area (Å²) in [6.45, 7) is 1.96. The first-order chi connectivity index (χ1) is 14.1. The molecule has 1 saturated carbocycles. The van der Waals surface area contributed by atoms with Crippen molar-refractivity contribution in [3.8, 4) is 17.1 Å². The van der Waals surface area contributed by atoms with E-state index in [4.69, 9.17) is 10.7 Å². The van der Waals surface area contributed by atoms with Crippen LogP contribution in [-0.4, -0.2) is 35.9 Å². The lowest BCUT2D eigenvalue weighted by molar-refractivity contribution is 0.0301. The predicted molar refractivity (Wildman–Crippen MR) is 110 cm³/mol. The minimum absolute atomic E-state index is 0.211. The summed E-state index contributed by atoms with van der Waals surface area (Å²) in [5.41, 5.74) is 10.7. The first-order valence-corrected chi connectivity index (χ1v) is 9.76. The van der Waals surface area contributed by atoms with Crippen LogP contribution < -0.4 is 5.73 Å². The van der Waals surface area contributed by atoms with Crippen LogP contribution in [0.25, 0.3) is 28.0 Å². The van der Waals surface area contributed by atoms with Crippen LogP contribution in [0.1, 0.15) is 30.3 Å². The Kier molecular flexibility index (Phi) is 4.34. The molecule has 3 aromatic heterocycles. The van der Waals surface area contributed by atoms with Gasteiger partial charge >= 0.3 is 0 Å². The Morgan fingerprint density at radius 2 is 1.97 bits per heavy atom. The number of benzene rings is 1. The fourth-order valence-corrected chi connectivity index (χ4v) is 3.85. The lowest BCUT2D eigenvalue weighted by atomic mass is 9.76. The Bertz CT molecular complexity index is 1180. The van der Waals surface area contributed by atoms with Gasteiger partial charge in [-0.25, -0.2) is 14.6 Å². The highest BCUT2D eigenvalue weighted by Crippen LogP contribution is 2.36. The summed E-state index contributed by atoms with van der Waals surface area (Å²) in [4.78, 5) is 13.7. The molecule has 7 heteroatoms. The van der Waals surface area contributed by atoms with Crippen molar-refractivity contribution in [2.24, 2.45) is 11.7 Å². The van der Waals surface area contributed by atoms with E-state index in [2.05, 4.69) is 21.1 Å². The average molecular weight is 386 g/mol. The maximum absolute atomic E-state index is 9.56. The van der Waals surface area contributed by atoms with Crippen LogP contribution in [0.2, 0.25) is 0 Å². The van der Waals surface area contributed by atoms with Gasteiger partial charge in [0.1, 0.15) is 0 Å². The normalized spacial score (nSPS) is 19.8. The predicted octanol–water partition coefficient (Wildman–Crippen LogP) is 2.96. The summed E-state index contributed by atoms with van der Waals surface area (Å²) in [6, 6.07) is 11.8. The molecule has 1 aliphatic rings. The van der Waals surface area contributed by atoms with E-state index in [1.54, 1.807) is 12.4 Å². The van der Waals surface area contributed by atoms with Crippen molar-refractivity contribution < 1.29 is 5.11 Å². The summed E-state index contributed by atoms with van der Waals surface area (Å²) in [5, 5.41) is 15.1. The molecule has 3 heterocycles. The van der Waals surface area contributed by atoms with Gasteiger partial charge in [0.25, 0.3) is 0 Å². The molecule has 0 bridgehead atoms. The van der Waals surface area contributed by atoms with Crippen LogP contribution in [-0.2, 0) is 0 Å². The second-order valence-electron chi connectivity index (χ2n) is 7.71. The van der Waals surface area contributed by atoms with Crippen LogP contribution in [0.5, 0.6) is 0 Å². The molecule has 0 radical (unpaired) electrons. The van der Waals surface area contributed by atoms with E-state index in [-0.39, 0.29) is 18.1 Å². The van der Waals surface area contributed by atoms with Crippen molar-refractivity contribution in [2.45, 2.75) is 31.9 Å². The number of rotatable bonds is 4. The minimum Gasteiger partial charge on any atom is -0.393 e. The molecule has 1 aromatic carbocycles. The molecule has 0 aliphatic heterocycles. The van der Waals surface area contributed by atoms with E-state index in [1.807, 2.05) is 48.1 Å². The van der Waals surface area contributed by atoms with E-state index < -0.39 is 0 Å². The third-order valence-corrected chi connectivity index (χ3v) is 5.61. The zero-order valence-electron chi connectivity index (χ0n) is 16.1. The van der Waals surface area contributed by atoms with Gasteiger partial charge in [0.2, 0.25) is 0 Å². The molecule has 0 spiro atoms. The van der Waals surface area contributed by atoms with Gasteiger partial charge < -0.3 is 10.8 Å². The monoisotopic (exact) mass is 386 g/mol. The van der Waals surface area contributed by atoms with Crippen LogP contribution in [0.4, 0.5) is 0 Å². The number of fused-ring (bicyclic) bond motifs is 1. The van der Waals surface area contributed by atoms with Crippen molar-refractivity contribution >= 4 is 10.9 Å². The van der Waals surface area contributed by atoms with Gasteiger partial charge in [0.05, 0.1) is 47.6 Å². The Hall–Kier alpha value is -3.16. The fourth-order valence-electron chi connectivity index (χ4n) is 3.85.